The van der Waals surface area contributed by atoms with Gasteiger partial charge in [-0.05, 0) is 50.2 Å². The average molecular weight is 470 g/mol. The van der Waals surface area contributed by atoms with Gasteiger partial charge in [-0.25, -0.2) is 9.37 Å². The van der Waals surface area contributed by atoms with Crippen molar-refractivity contribution < 1.29 is 23.5 Å². The molecule has 1 N–H and O–H groups in total. The molecule has 0 atom stereocenters. The van der Waals surface area contributed by atoms with Gasteiger partial charge in [0.25, 0.3) is 0 Å². The smallest absolute Gasteiger partial charge is 0.243 e. The molecule has 33 heavy (non-hydrogen) atoms. The Morgan fingerprint density at radius 2 is 1.85 bits per heavy atom. The number of carbonyl (C=O) groups is 2. The largest absolute Gasteiger partial charge is 0.486 e. The van der Waals surface area contributed by atoms with E-state index in [0.29, 0.717) is 42.6 Å². The normalized spacial score (nSPS) is 12.3. The van der Waals surface area contributed by atoms with Gasteiger partial charge in [-0.15, -0.1) is 11.3 Å². The van der Waals surface area contributed by atoms with Crippen LogP contribution in [0.1, 0.15) is 16.8 Å². The van der Waals surface area contributed by atoms with E-state index in [2.05, 4.69) is 10.3 Å². The van der Waals surface area contributed by atoms with Crippen molar-refractivity contribution in [1.29, 1.82) is 0 Å². The number of amides is 2. The molecule has 7 nitrogen and oxygen atoms in total. The second-order valence-electron chi connectivity index (χ2n) is 7.50. The number of aryl methyl sites for hydroxylation is 1. The third kappa shape index (κ3) is 5.48. The molecule has 0 bridgehead atoms. The van der Waals surface area contributed by atoms with Crippen molar-refractivity contribution in [3.8, 4) is 22.8 Å². The van der Waals surface area contributed by atoms with Crippen LogP contribution in [0.15, 0.2) is 42.5 Å². The quantitative estimate of drug-likeness (QED) is 0.565. The number of hydrogen-bond donors (Lipinski definition) is 1. The number of rotatable bonds is 7. The second kappa shape index (κ2) is 9.99. The first-order chi connectivity index (χ1) is 15.9. The van der Waals surface area contributed by atoms with Gasteiger partial charge in [-0.1, -0.05) is 0 Å². The molecule has 2 aromatic carbocycles. The maximum absolute atomic E-state index is 13.3. The van der Waals surface area contributed by atoms with Crippen molar-refractivity contribution in [3.63, 3.8) is 0 Å². The fourth-order valence-electron chi connectivity index (χ4n) is 3.54. The Morgan fingerprint density at radius 3 is 2.58 bits per heavy atom. The zero-order valence-electron chi connectivity index (χ0n) is 18.4. The third-order valence-electron chi connectivity index (χ3n) is 5.13. The van der Waals surface area contributed by atoms with Crippen LogP contribution in [0.3, 0.4) is 0 Å². The van der Waals surface area contributed by atoms with E-state index >= 15 is 0 Å². The summed E-state index contributed by atoms with van der Waals surface area (Å²) >= 11 is 1.43. The highest BCUT2D eigenvalue weighted by Crippen LogP contribution is 2.32. The molecule has 9 heteroatoms. The number of aromatic nitrogens is 1. The first-order valence-corrected chi connectivity index (χ1v) is 11.4. The number of nitrogens with zero attached hydrogens (tertiary/aromatic N) is 2. The molecule has 2 amide bonds. The van der Waals surface area contributed by atoms with E-state index in [1.807, 2.05) is 13.8 Å². The van der Waals surface area contributed by atoms with Crippen molar-refractivity contribution in [1.82, 2.24) is 9.88 Å². The van der Waals surface area contributed by atoms with Crippen LogP contribution in [-0.2, 0) is 16.0 Å². The summed E-state index contributed by atoms with van der Waals surface area (Å²) in [5.41, 5.74) is 2.00. The lowest BCUT2D eigenvalue weighted by Crippen LogP contribution is -2.38. The first-order valence-electron chi connectivity index (χ1n) is 10.6. The van der Waals surface area contributed by atoms with E-state index in [1.165, 1.54) is 28.4 Å². The van der Waals surface area contributed by atoms with Gasteiger partial charge in [0, 0.05) is 28.7 Å². The van der Waals surface area contributed by atoms with Crippen LogP contribution < -0.4 is 14.8 Å². The monoisotopic (exact) mass is 469 g/mol. The van der Waals surface area contributed by atoms with E-state index in [0.717, 1.165) is 15.4 Å². The Labute approximate surface area is 195 Å². The van der Waals surface area contributed by atoms with Crippen LogP contribution in [0.2, 0.25) is 0 Å². The number of halogens is 1. The van der Waals surface area contributed by atoms with Crippen LogP contribution in [-0.4, -0.2) is 48.0 Å². The lowest BCUT2D eigenvalue weighted by atomic mass is 10.1. The fraction of sp³-hybridized carbons (Fsp3) is 0.292. The molecule has 1 aliphatic heterocycles. The van der Waals surface area contributed by atoms with Crippen LogP contribution in [0, 0.1) is 12.7 Å². The number of nitrogens with one attached hydrogen (secondary N) is 1. The van der Waals surface area contributed by atoms with Gasteiger partial charge in [-0.3, -0.25) is 9.59 Å². The van der Waals surface area contributed by atoms with Crippen molar-refractivity contribution >= 4 is 28.8 Å². The summed E-state index contributed by atoms with van der Waals surface area (Å²) in [6.07, 6.45) is 0.114. The topological polar surface area (TPSA) is 80.8 Å². The molecule has 0 saturated heterocycles. The molecule has 0 radical (unpaired) electrons. The summed E-state index contributed by atoms with van der Waals surface area (Å²) in [5, 5.41) is 3.62. The number of hydrogen-bond acceptors (Lipinski definition) is 6. The number of ether oxygens (including phenoxy) is 2. The Hall–Kier alpha value is -3.46. The number of carbonyl (C=O) groups excluding carboxylic acids is 2. The number of fused-ring (bicyclic) bond motifs is 1. The number of anilines is 1. The van der Waals surface area contributed by atoms with Crippen LogP contribution in [0.5, 0.6) is 11.5 Å². The lowest BCUT2D eigenvalue weighted by Gasteiger charge is -2.21. The molecule has 4 rings (SSSR count). The fourth-order valence-corrected chi connectivity index (χ4v) is 4.49. The molecule has 1 aliphatic rings. The summed E-state index contributed by atoms with van der Waals surface area (Å²) in [5.74, 6) is 0.408. The van der Waals surface area contributed by atoms with Gasteiger partial charge >= 0.3 is 0 Å². The Morgan fingerprint density at radius 1 is 1.12 bits per heavy atom. The van der Waals surface area contributed by atoms with Crippen LogP contribution >= 0.6 is 11.3 Å². The van der Waals surface area contributed by atoms with E-state index in [9.17, 15) is 14.0 Å². The number of thiazole rings is 1. The second-order valence-corrected chi connectivity index (χ2v) is 8.79. The van der Waals surface area contributed by atoms with Gasteiger partial charge in [0.2, 0.25) is 11.8 Å². The Kier molecular flexibility index (Phi) is 6.88. The van der Waals surface area contributed by atoms with E-state index < -0.39 is 0 Å². The zero-order valence-corrected chi connectivity index (χ0v) is 19.2. The van der Waals surface area contributed by atoms with Gasteiger partial charge < -0.3 is 19.7 Å². The molecule has 3 aromatic rings. The van der Waals surface area contributed by atoms with Crippen molar-refractivity contribution in [2.75, 3.05) is 31.6 Å². The van der Waals surface area contributed by atoms with Gasteiger partial charge in [0.05, 0.1) is 23.7 Å². The summed E-state index contributed by atoms with van der Waals surface area (Å²) in [4.78, 5) is 32.4. The predicted molar refractivity (Wildman–Crippen MR) is 124 cm³/mol. The lowest BCUT2D eigenvalue weighted by molar-refractivity contribution is -0.133. The van der Waals surface area contributed by atoms with Crippen molar-refractivity contribution in [2.45, 2.75) is 20.3 Å². The number of benzene rings is 2. The number of likely N-dealkylation sites (N-methyl/N-ethyl adjacent to an activating group) is 1. The van der Waals surface area contributed by atoms with Crippen LogP contribution in [0.4, 0.5) is 10.1 Å². The summed E-state index contributed by atoms with van der Waals surface area (Å²) in [6, 6.07) is 11.2. The molecule has 2 heterocycles. The van der Waals surface area contributed by atoms with Gasteiger partial charge in [-0.2, -0.15) is 0 Å². The average Bonchev–Trinajstić information content (AvgIpc) is 3.17. The van der Waals surface area contributed by atoms with E-state index in [4.69, 9.17) is 9.47 Å². The third-order valence-corrected chi connectivity index (χ3v) is 6.10. The van der Waals surface area contributed by atoms with Crippen LogP contribution in [0.25, 0.3) is 11.3 Å². The minimum Gasteiger partial charge on any atom is -0.486 e. The van der Waals surface area contributed by atoms with E-state index in [1.54, 1.807) is 30.3 Å². The molecular formula is C24H24FN3O4S. The maximum atomic E-state index is 13.3. The molecule has 0 aliphatic carbocycles. The standard InChI is InChI=1S/C24H24FN3O4S/c1-3-28(14-22(29)27-18-8-9-19-20(12-18)32-11-10-31-19)23(30)13-21-24(26-15(2)33-21)16-4-6-17(25)7-5-16/h4-9,12H,3,10-11,13-14H2,1-2H3,(H,27,29). The minimum absolute atomic E-state index is 0.0759. The molecule has 1 aromatic heterocycles. The first kappa shape index (κ1) is 22.7. The molecule has 0 fully saturated rings. The zero-order chi connectivity index (χ0) is 23.4. The summed E-state index contributed by atoms with van der Waals surface area (Å²) in [7, 11) is 0. The Bertz CT molecular complexity index is 1160. The van der Waals surface area contributed by atoms with E-state index in [-0.39, 0.29) is 30.6 Å². The highest BCUT2D eigenvalue weighted by molar-refractivity contribution is 7.12. The SMILES string of the molecule is CCN(CC(=O)Nc1ccc2c(c1)OCCO2)C(=O)Cc1sc(C)nc1-c1ccc(F)cc1. The highest BCUT2D eigenvalue weighted by atomic mass is 32.1. The summed E-state index contributed by atoms with van der Waals surface area (Å²) in [6.45, 7) is 4.95. The van der Waals surface area contributed by atoms with Gasteiger partial charge in [0.15, 0.2) is 11.5 Å². The highest BCUT2D eigenvalue weighted by Gasteiger charge is 2.21. The van der Waals surface area contributed by atoms with Gasteiger partial charge in [0.1, 0.15) is 19.0 Å². The molecule has 0 saturated carbocycles. The van der Waals surface area contributed by atoms with Crippen molar-refractivity contribution in [2.24, 2.45) is 0 Å². The molecular weight excluding hydrogens is 445 g/mol. The summed E-state index contributed by atoms with van der Waals surface area (Å²) < 4.78 is 24.3. The Balaban J connectivity index is 1.41. The predicted octanol–water partition coefficient (Wildman–Crippen LogP) is 4.06. The maximum Gasteiger partial charge on any atom is 0.243 e. The minimum atomic E-state index is -0.329. The molecule has 0 unspecified atom stereocenters. The molecule has 172 valence electrons. The molecule has 0 spiro atoms. The van der Waals surface area contributed by atoms with Crippen molar-refractivity contribution in [3.05, 3.63) is 58.2 Å².